The number of rotatable bonds is 3. The highest BCUT2D eigenvalue weighted by Crippen LogP contribution is 2.23. The molecule has 5 nitrogen and oxygen atoms in total. The summed E-state index contributed by atoms with van der Waals surface area (Å²) >= 11 is 0. The molecular formula is C15H20N2O3. The summed E-state index contributed by atoms with van der Waals surface area (Å²) in [5, 5.41) is 9.04. The lowest BCUT2D eigenvalue weighted by Crippen LogP contribution is -2.46. The van der Waals surface area contributed by atoms with E-state index in [4.69, 9.17) is 5.11 Å². The molecule has 0 aliphatic carbocycles. The summed E-state index contributed by atoms with van der Waals surface area (Å²) in [4.78, 5) is 29.4. The molecule has 1 aliphatic heterocycles. The third-order valence-corrected chi connectivity index (χ3v) is 3.98. The Morgan fingerprint density at radius 2 is 2.25 bits per heavy atom. The van der Waals surface area contributed by atoms with Gasteiger partial charge < -0.3 is 10.0 Å². The van der Waals surface area contributed by atoms with E-state index in [1.54, 1.807) is 11.1 Å². The van der Waals surface area contributed by atoms with Crippen molar-refractivity contribution < 1.29 is 14.7 Å². The molecule has 20 heavy (non-hydrogen) atoms. The van der Waals surface area contributed by atoms with E-state index in [2.05, 4.69) is 4.98 Å². The van der Waals surface area contributed by atoms with Gasteiger partial charge in [-0.3, -0.25) is 14.6 Å². The highest BCUT2D eigenvalue weighted by molar-refractivity contribution is 5.79. The lowest BCUT2D eigenvalue weighted by atomic mass is 9.91. The Morgan fingerprint density at radius 1 is 1.50 bits per heavy atom. The molecular weight excluding hydrogens is 256 g/mol. The second kappa shape index (κ2) is 6.03. The Kier molecular flexibility index (Phi) is 4.37. The molecule has 1 saturated heterocycles. The van der Waals surface area contributed by atoms with Crippen LogP contribution in [0.1, 0.15) is 31.0 Å². The van der Waals surface area contributed by atoms with E-state index < -0.39 is 5.97 Å². The first-order valence-corrected chi connectivity index (χ1v) is 6.91. The molecule has 2 heterocycles. The van der Waals surface area contributed by atoms with Crippen LogP contribution in [0.15, 0.2) is 18.3 Å². The standard InChI is InChI=1S/C15H20N2O3/c1-10-4-3-6-16-13(10)9-14(18)17-7-5-12(15(19)20)8-11(17)2/h3-4,6,11-12H,5,7-9H2,1-2H3,(H,19,20). The molecule has 1 aromatic rings. The average Bonchev–Trinajstić information content (AvgIpc) is 2.41. The second-order valence-corrected chi connectivity index (χ2v) is 5.44. The molecule has 1 aliphatic rings. The van der Waals surface area contributed by atoms with Crippen LogP contribution in [0.3, 0.4) is 0 Å². The molecule has 1 amide bonds. The van der Waals surface area contributed by atoms with Gasteiger partial charge in [0.25, 0.3) is 0 Å². The third kappa shape index (κ3) is 3.15. The first kappa shape index (κ1) is 14.5. The van der Waals surface area contributed by atoms with E-state index in [1.165, 1.54) is 0 Å². The van der Waals surface area contributed by atoms with E-state index in [0.717, 1.165) is 11.3 Å². The van der Waals surface area contributed by atoms with Gasteiger partial charge in [0, 0.05) is 18.8 Å². The largest absolute Gasteiger partial charge is 0.481 e. The summed E-state index contributed by atoms with van der Waals surface area (Å²) in [7, 11) is 0. The molecule has 0 aromatic carbocycles. The summed E-state index contributed by atoms with van der Waals surface area (Å²) in [6.45, 7) is 4.37. The summed E-state index contributed by atoms with van der Waals surface area (Å²) in [6.07, 6.45) is 3.04. The number of piperidine rings is 1. The Labute approximate surface area is 118 Å². The normalized spacial score (nSPS) is 22.6. The molecule has 2 rings (SSSR count). The zero-order chi connectivity index (χ0) is 14.7. The highest BCUT2D eigenvalue weighted by atomic mass is 16.4. The minimum absolute atomic E-state index is 0.0265. The number of amides is 1. The number of hydrogen-bond acceptors (Lipinski definition) is 3. The SMILES string of the molecule is Cc1cccnc1CC(=O)N1CCC(C(=O)O)CC1C. The molecule has 0 bridgehead atoms. The summed E-state index contributed by atoms with van der Waals surface area (Å²) in [5.74, 6) is -1.06. The van der Waals surface area contributed by atoms with Crippen molar-refractivity contribution in [2.75, 3.05) is 6.54 Å². The van der Waals surface area contributed by atoms with Gasteiger partial charge in [0.15, 0.2) is 0 Å². The van der Waals surface area contributed by atoms with Gasteiger partial charge in [0.05, 0.1) is 18.0 Å². The summed E-state index contributed by atoms with van der Waals surface area (Å²) in [6, 6.07) is 3.77. The molecule has 108 valence electrons. The number of aryl methyl sites for hydroxylation is 1. The number of aliphatic carboxylic acids is 1. The average molecular weight is 276 g/mol. The van der Waals surface area contributed by atoms with Gasteiger partial charge in [-0.2, -0.15) is 0 Å². The van der Waals surface area contributed by atoms with Crippen LogP contribution in [0.25, 0.3) is 0 Å². The molecule has 2 unspecified atom stereocenters. The molecule has 0 spiro atoms. The molecule has 0 radical (unpaired) electrons. The van der Waals surface area contributed by atoms with Gasteiger partial charge in [0.2, 0.25) is 5.91 Å². The first-order valence-electron chi connectivity index (χ1n) is 6.91. The monoisotopic (exact) mass is 276 g/mol. The maximum atomic E-state index is 12.3. The number of hydrogen-bond donors (Lipinski definition) is 1. The Bertz CT molecular complexity index is 516. The number of likely N-dealkylation sites (tertiary alicyclic amines) is 1. The van der Waals surface area contributed by atoms with Crippen molar-refractivity contribution in [3.8, 4) is 0 Å². The van der Waals surface area contributed by atoms with Crippen LogP contribution < -0.4 is 0 Å². The van der Waals surface area contributed by atoms with Crippen LogP contribution in [-0.2, 0) is 16.0 Å². The van der Waals surface area contributed by atoms with Crippen LogP contribution >= 0.6 is 0 Å². The maximum absolute atomic E-state index is 12.3. The van der Waals surface area contributed by atoms with Gasteiger partial charge in [-0.25, -0.2) is 0 Å². The second-order valence-electron chi connectivity index (χ2n) is 5.44. The van der Waals surface area contributed by atoms with Crippen molar-refractivity contribution >= 4 is 11.9 Å². The fourth-order valence-corrected chi connectivity index (χ4v) is 2.72. The quantitative estimate of drug-likeness (QED) is 0.911. The molecule has 1 fully saturated rings. The fourth-order valence-electron chi connectivity index (χ4n) is 2.72. The molecule has 1 N–H and O–H groups in total. The molecule has 5 heteroatoms. The molecule has 1 aromatic heterocycles. The van der Waals surface area contributed by atoms with Crippen LogP contribution in [0.5, 0.6) is 0 Å². The Hall–Kier alpha value is -1.91. The van der Waals surface area contributed by atoms with Crippen LogP contribution in [0, 0.1) is 12.8 Å². The number of aromatic nitrogens is 1. The zero-order valence-corrected chi connectivity index (χ0v) is 11.9. The summed E-state index contributed by atoms with van der Waals surface area (Å²) < 4.78 is 0. The van der Waals surface area contributed by atoms with Gasteiger partial charge in [-0.15, -0.1) is 0 Å². The number of carbonyl (C=O) groups is 2. The van der Waals surface area contributed by atoms with E-state index >= 15 is 0 Å². The van der Waals surface area contributed by atoms with Gasteiger partial charge in [-0.1, -0.05) is 6.07 Å². The Morgan fingerprint density at radius 3 is 2.85 bits per heavy atom. The number of nitrogens with zero attached hydrogens (tertiary/aromatic N) is 2. The fraction of sp³-hybridized carbons (Fsp3) is 0.533. The topological polar surface area (TPSA) is 70.5 Å². The minimum Gasteiger partial charge on any atom is -0.481 e. The predicted octanol–water partition coefficient (Wildman–Crippen LogP) is 1.64. The van der Waals surface area contributed by atoms with Crippen molar-refractivity contribution in [1.29, 1.82) is 0 Å². The van der Waals surface area contributed by atoms with Crippen LogP contribution in [0.4, 0.5) is 0 Å². The van der Waals surface area contributed by atoms with Crippen LogP contribution in [0.2, 0.25) is 0 Å². The van der Waals surface area contributed by atoms with E-state index in [1.807, 2.05) is 26.0 Å². The van der Waals surface area contributed by atoms with Gasteiger partial charge in [0.1, 0.15) is 0 Å². The van der Waals surface area contributed by atoms with Gasteiger partial charge in [-0.05, 0) is 38.3 Å². The number of carboxylic acids is 1. The number of pyridine rings is 1. The smallest absolute Gasteiger partial charge is 0.306 e. The lowest BCUT2D eigenvalue weighted by molar-refractivity contribution is -0.147. The molecule has 0 saturated carbocycles. The maximum Gasteiger partial charge on any atom is 0.306 e. The predicted molar refractivity (Wildman–Crippen MR) is 74.2 cm³/mol. The Balaban J connectivity index is 2.00. The van der Waals surface area contributed by atoms with Crippen LogP contribution in [-0.4, -0.2) is 39.5 Å². The van der Waals surface area contributed by atoms with Crippen molar-refractivity contribution in [2.24, 2.45) is 5.92 Å². The number of carboxylic acid groups (broad SMARTS) is 1. The van der Waals surface area contributed by atoms with Crippen molar-refractivity contribution in [3.63, 3.8) is 0 Å². The highest BCUT2D eigenvalue weighted by Gasteiger charge is 2.32. The third-order valence-electron chi connectivity index (χ3n) is 3.98. The zero-order valence-electron chi connectivity index (χ0n) is 11.9. The van der Waals surface area contributed by atoms with E-state index in [0.29, 0.717) is 19.4 Å². The van der Waals surface area contributed by atoms with Crippen molar-refractivity contribution in [2.45, 2.75) is 39.2 Å². The van der Waals surface area contributed by atoms with E-state index in [-0.39, 0.29) is 24.3 Å². The lowest BCUT2D eigenvalue weighted by Gasteiger charge is -2.36. The van der Waals surface area contributed by atoms with E-state index in [9.17, 15) is 9.59 Å². The van der Waals surface area contributed by atoms with Gasteiger partial charge >= 0.3 is 5.97 Å². The molecule has 2 atom stereocenters. The van der Waals surface area contributed by atoms with Crippen molar-refractivity contribution in [3.05, 3.63) is 29.6 Å². The van der Waals surface area contributed by atoms with Crippen molar-refractivity contribution in [1.82, 2.24) is 9.88 Å². The summed E-state index contributed by atoms with van der Waals surface area (Å²) in [5.41, 5.74) is 1.80. The number of carbonyl (C=O) groups excluding carboxylic acids is 1. The minimum atomic E-state index is -0.760. The first-order chi connectivity index (χ1) is 9.49.